The lowest BCUT2D eigenvalue weighted by Crippen LogP contribution is -2.14. The molecule has 0 aromatic heterocycles. The molecule has 0 saturated heterocycles. The lowest BCUT2D eigenvalue weighted by atomic mass is 10.1. The predicted molar refractivity (Wildman–Crippen MR) is 119 cm³/mol. The van der Waals surface area contributed by atoms with Gasteiger partial charge in [-0.25, -0.2) is 0 Å². The summed E-state index contributed by atoms with van der Waals surface area (Å²) < 4.78 is 15.4. The van der Waals surface area contributed by atoms with Crippen molar-refractivity contribution in [2.45, 2.75) is 19.9 Å². The Labute approximate surface area is 178 Å². The van der Waals surface area contributed by atoms with E-state index in [2.05, 4.69) is 15.5 Å². The first-order valence-electron chi connectivity index (χ1n) is 9.79. The zero-order chi connectivity index (χ0) is 22.5. The number of nitrogens with one attached hydrogen (secondary N) is 1. The van der Waals surface area contributed by atoms with Crippen molar-refractivity contribution in [3.05, 3.63) is 35.4 Å². The Morgan fingerprint density at radius 1 is 0.967 bits per heavy atom. The van der Waals surface area contributed by atoms with Gasteiger partial charge in [-0.15, -0.1) is 10.2 Å². The molecular formula is C20H36N6O4. The minimum atomic E-state index is 0.362. The van der Waals surface area contributed by atoms with Crippen LogP contribution in [0.2, 0.25) is 0 Å². The third-order valence-corrected chi connectivity index (χ3v) is 3.33. The summed E-state index contributed by atoms with van der Waals surface area (Å²) in [5.74, 6) is 0.746. The highest BCUT2D eigenvalue weighted by molar-refractivity contribution is 5.97. The van der Waals surface area contributed by atoms with Crippen LogP contribution in [-0.4, -0.2) is 71.2 Å². The van der Waals surface area contributed by atoms with Gasteiger partial charge in [-0.1, -0.05) is 24.3 Å². The van der Waals surface area contributed by atoms with Crippen LogP contribution < -0.4 is 22.5 Å². The van der Waals surface area contributed by atoms with Crippen molar-refractivity contribution < 1.29 is 19.0 Å². The van der Waals surface area contributed by atoms with Crippen LogP contribution in [0.1, 0.15) is 24.5 Å². The first-order valence-corrected chi connectivity index (χ1v) is 9.79. The number of hydrogen-bond acceptors (Lipinski definition) is 8. The molecule has 1 rings (SSSR count). The summed E-state index contributed by atoms with van der Waals surface area (Å²) in [6.45, 7) is 6.23. The maximum atomic E-state index is 9.90. The van der Waals surface area contributed by atoms with Crippen molar-refractivity contribution in [2.24, 2.45) is 27.4 Å². The average Bonchev–Trinajstić information content (AvgIpc) is 2.74. The van der Waals surface area contributed by atoms with Crippen molar-refractivity contribution in [1.29, 1.82) is 0 Å². The van der Waals surface area contributed by atoms with Gasteiger partial charge in [-0.3, -0.25) is 0 Å². The van der Waals surface area contributed by atoms with Crippen LogP contribution in [0.15, 0.2) is 34.5 Å². The highest BCUT2D eigenvalue weighted by Crippen LogP contribution is 2.04. The molecule has 10 heteroatoms. The number of hydrogen-bond donors (Lipinski definition) is 4. The second-order valence-electron chi connectivity index (χ2n) is 6.04. The van der Waals surface area contributed by atoms with Gasteiger partial charge >= 0.3 is 0 Å². The van der Waals surface area contributed by atoms with E-state index in [9.17, 15) is 4.79 Å². The number of nitrogens with two attached hydrogens (primary N) is 3. The second-order valence-corrected chi connectivity index (χ2v) is 6.04. The maximum absolute atomic E-state index is 9.90. The molecule has 0 radical (unpaired) electrons. The number of aldehydes is 1. The fraction of sp³-hybridized carbons (Fsp3) is 0.550. The molecule has 170 valence electrons. The SMILES string of the molecule is CNCc1ccc(/C(N)=N/N=C(/C)N)cc1.NCCOCCOCCOCCC=O. The number of amidine groups is 2. The predicted octanol–water partition coefficient (Wildman–Crippen LogP) is -0.0127. The normalized spacial score (nSPS) is 11.7. The largest absolute Gasteiger partial charge is 0.386 e. The number of benzene rings is 1. The summed E-state index contributed by atoms with van der Waals surface area (Å²) in [7, 11) is 1.91. The molecule has 0 fully saturated rings. The summed E-state index contributed by atoms with van der Waals surface area (Å²) in [5, 5.41) is 10.6. The summed E-state index contributed by atoms with van der Waals surface area (Å²) >= 11 is 0. The van der Waals surface area contributed by atoms with E-state index in [1.165, 1.54) is 5.56 Å². The number of carbonyl (C=O) groups excluding carboxylic acids is 1. The molecule has 0 bridgehead atoms. The molecule has 10 nitrogen and oxygen atoms in total. The molecule has 0 amide bonds. The highest BCUT2D eigenvalue weighted by atomic mass is 16.5. The standard InChI is InChI=1S/C11H17N5.C9H19NO4/c1-8(12)15-16-11(13)10-5-3-9(4-6-10)7-14-2;10-2-5-13-7-9-14-8-6-12-4-1-3-11/h3-6,14H,7H2,1-2H3,(H2,12,15)(H2,13,16);3H,1-2,4-10H2. The molecule has 0 atom stereocenters. The van der Waals surface area contributed by atoms with Gasteiger partial charge in [-0.05, 0) is 19.5 Å². The third kappa shape index (κ3) is 16.6. The quantitative estimate of drug-likeness (QED) is 0.100. The van der Waals surface area contributed by atoms with E-state index in [4.69, 9.17) is 31.4 Å². The smallest absolute Gasteiger partial charge is 0.153 e. The van der Waals surface area contributed by atoms with Gasteiger partial charge in [0.25, 0.3) is 0 Å². The molecule has 0 aliphatic rings. The van der Waals surface area contributed by atoms with Crippen LogP contribution in [-0.2, 0) is 25.5 Å². The molecule has 0 saturated carbocycles. The van der Waals surface area contributed by atoms with E-state index in [1.807, 2.05) is 31.3 Å². The van der Waals surface area contributed by atoms with Gasteiger partial charge in [0.15, 0.2) is 5.84 Å². The Hall–Kier alpha value is -2.37. The van der Waals surface area contributed by atoms with Gasteiger partial charge < -0.3 is 41.5 Å². The number of rotatable bonds is 15. The fourth-order valence-corrected chi connectivity index (χ4v) is 1.94. The van der Waals surface area contributed by atoms with Crippen molar-refractivity contribution in [1.82, 2.24) is 5.32 Å². The van der Waals surface area contributed by atoms with Crippen molar-refractivity contribution in [2.75, 3.05) is 53.2 Å². The summed E-state index contributed by atoms with van der Waals surface area (Å²) in [6.07, 6.45) is 1.28. The molecule has 1 aromatic rings. The topological polar surface area (TPSA) is 160 Å². The molecule has 0 heterocycles. The van der Waals surface area contributed by atoms with Crippen LogP contribution in [0.4, 0.5) is 0 Å². The van der Waals surface area contributed by atoms with Crippen molar-refractivity contribution in [3.63, 3.8) is 0 Å². The third-order valence-electron chi connectivity index (χ3n) is 3.33. The Morgan fingerprint density at radius 2 is 1.53 bits per heavy atom. The number of nitrogens with zero attached hydrogens (tertiary/aromatic N) is 2. The number of ether oxygens (including phenoxy) is 3. The first kappa shape index (κ1) is 27.6. The zero-order valence-electron chi connectivity index (χ0n) is 18.0. The second kappa shape index (κ2) is 19.9. The van der Waals surface area contributed by atoms with Crippen LogP contribution in [0, 0.1) is 0 Å². The zero-order valence-corrected chi connectivity index (χ0v) is 18.0. The lowest BCUT2D eigenvalue weighted by Gasteiger charge is -2.05. The first-order chi connectivity index (χ1) is 14.5. The molecular weight excluding hydrogens is 388 g/mol. The van der Waals surface area contributed by atoms with Gasteiger partial charge in [0.05, 0.1) is 39.6 Å². The van der Waals surface area contributed by atoms with E-state index in [-0.39, 0.29) is 0 Å². The van der Waals surface area contributed by atoms with Crippen LogP contribution >= 0.6 is 0 Å². The van der Waals surface area contributed by atoms with E-state index in [0.717, 1.165) is 18.4 Å². The van der Waals surface area contributed by atoms with E-state index in [0.29, 0.717) is 64.3 Å². The van der Waals surface area contributed by atoms with E-state index in [1.54, 1.807) is 6.92 Å². The average molecular weight is 425 g/mol. The Balaban J connectivity index is 0.000000567. The van der Waals surface area contributed by atoms with Gasteiger partial charge in [0, 0.05) is 25.1 Å². The minimum absolute atomic E-state index is 0.362. The summed E-state index contributed by atoms with van der Waals surface area (Å²) in [6, 6.07) is 7.81. The van der Waals surface area contributed by atoms with Gasteiger partial charge in [0.2, 0.25) is 0 Å². The van der Waals surface area contributed by atoms with Gasteiger partial charge in [0.1, 0.15) is 12.1 Å². The molecule has 0 aliphatic heterocycles. The number of carbonyl (C=O) groups is 1. The van der Waals surface area contributed by atoms with Crippen molar-refractivity contribution in [3.8, 4) is 0 Å². The fourth-order valence-electron chi connectivity index (χ4n) is 1.94. The summed E-state index contributed by atoms with van der Waals surface area (Å²) in [5.41, 5.74) is 18.4. The van der Waals surface area contributed by atoms with E-state index < -0.39 is 0 Å². The van der Waals surface area contributed by atoms with Crippen LogP contribution in [0.25, 0.3) is 0 Å². The molecule has 30 heavy (non-hydrogen) atoms. The maximum Gasteiger partial charge on any atom is 0.153 e. The lowest BCUT2D eigenvalue weighted by molar-refractivity contribution is -0.108. The molecule has 0 aliphatic carbocycles. The van der Waals surface area contributed by atoms with Crippen molar-refractivity contribution >= 4 is 18.0 Å². The van der Waals surface area contributed by atoms with Crippen LogP contribution in [0.3, 0.4) is 0 Å². The Kier molecular flexibility index (Phi) is 18.4. The molecule has 0 unspecified atom stereocenters. The van der Waals surface area contributed by atoms with Crippen LogP contribution in [0.5, 0.6) is 0 Å². The van der Waals surface area contributed by atoms with E-state index >= 15 is 0 Å². The Bertz CT molecular complexity index is 604. The van der Waals surface area contributed by atoms with Gasteiger partial charge in [-0.2, -0.15) is 0 Å². The minimum Gasteiger partial charge on any atom is -0.386 e. The molecule has 1 aromatic carbocycles. The summed E-state index contributed by atoms with van der Waals surface area (Å²) in [4.78, 5) is 9.90. The molecule has 0 spiro atoms. The highest BCUT2D eigenvalue weighted by Gasteiger charge is 1.98. The monoisotopic (exact) mass is 424 g/mol. The Morgan fingerprint density at radius 3 is 2.03 bits per heavy atom. The molecule has 7 N–H and O–H groups in total.